The quantitative estimate of drug-likeness (QED) is 0.925. The van der Waals surface area contributed by atoms with Crippen molar-refractivity contribution in [3.8, 4) is 0 Å². The van der Waals surface area contributed by atoms with Crippen LogP contribution in [0.5, 0.6) is 0 Å². The molecular weight excluding hydrogens is 300 g/mol. The van der Waals surface area contributed by atoms with Gasteiger partial charge >= 0.3 is 0 Å². The Hall–Kier alpha value is -1.55. The molecule has 4 nitrogen and oxygen atoms in total. The van der Waals surface area contributed by atoms with Crippen LogP contribution in [0.3, 0.4) is 0 Å². The van der Waals surface area contributed by atoms with Crippen LogP contribution in [0.25, 0.3) is 0 Å². The van der Waals surface area contributed by atoms with E-state index >= 15 is 0 Å². The zero-order chi connectivity index (χ0) is 16.1. The minimum Gasteiger partial charge on any atom is -0.349 e. The SMILES string of the molecule is CC(=O)NC(CC(=O)N1CCC(C)CC1)c1ccc(Cl)cc1. The first-order valence-corrected chi connectivity index (χ1v) is 8.14. The van der Waals surface area contributed by atoms with E-state index in [1.54, 1.807) is 12.1 Å². The summed E-state index contributed by atoms with van der Waals surface area (Å²) in [5, 5.41) is 3.51. The molecule has 0 radical (unpaired) electrons. The molecule has 1 fully saturated rings. The summed E-state index contributed by atoms with van der Waals surface area (Å²) in [7, 11) is 0. The fourth-order valence-electron chi connectivity index (χ4n) is 2.75. The van der Waals surface area contributed by atoms with Crippen LogP contribution in [-0.2, 0) is 9.59 Å². The minimum absolute atomic E-state index is 0.0978. The summed E-state index contributed by atoms with van der Waals surface area (Å²) in [5.74, 6) is 0.645. The maximum Gasteiger partial charge on any atom is 0.224 e. The van der Waals surface area contributed by atoms with E-state index in [1.165, 1.54) is 6.92 Å². The maximum absolute atomic E-state index is 12.5. The molecule has 1 N–H and O–H groups in total. The van der Waals surface area contributed by atoms with Gasteiger partial charge in [-0.2, -0.15) is 0 Å². The lowest BCUT2D eigenvalue weighted by Crippen LogP contribution is -2.40. The topological polar surface area (TPSA) is 49.4 Å². The van der Waals surface area contributed by atoms with Crippen LogP contribution in [0.1, 0.15) is 44.7 Å². The summed E-state index contributed by atoms with van der Waals surface area (Å²) in [6.45, 7) is 5.31. The van der Waals surface area contributed by atoms with Crippen molar-refractivity contribution < 1.29 is 9.59 Å². The van der Waals surface area contributed by atoms with Crippen molar-refractivity contribution in [3.05, 3.63) is 34.9 Å². The molecule has 0 spiro atoms. The van der Waals surface area contributed by atoms with Crippen molar-refractivity contribution >= 4 is 23.4 Å². The van der Waals surface area contributed by atoms with E-state index in [0.717, 1.165) is 31.5 Å². The van der Waals surface area contributed by atoms with Gasteiger partial charge in [-0.3, -0.25) is 9.59 Å². The largest absolute Gasteiger partial charge is 0.349 e. The normalized spacial score (nSPS) is 17.1. The molecule has 5 heteroatoms. The average Bonchev–Trinajstić information content (AvgIpc) is 2.47. The molecule has 22 heavy (non-hydrogen) atoms. The van der Waals surface area contributed by atoms with E-state index < -0.39 is 0 Å². The van der Waals surface area contributed by atoms with Gasteiger partial charge in [0.15, 0.2) is 0 Å². The van der Waals surface area contributed by atoms with Gasteiger partial charge in [0.25, 0.3) is 0 Å². The number of nitrogens with one attached hydrogen (secondary N) is 1. The van der Waals surface area contributed by atoms with Gasteiger partial charge in [0.2, 0.25) is 11.8 Å². The highest BCUT2D eigenvalue weighted by Crippen LogP contribution is 2.22. The lowest BCUT2D eigenvalue weighted by molar-refractivity contribution is -0.133. The molecule has 1 aliphatic heterocycles. The van der Waals surface area contributed by atoms with Crippen LogP contribution in [0.2, 0.25) is 5.02 Å². The highest BCUT2D eigenvalue weighted by molar-refractivity contribution is 6.30. The Labute approximate surface area is 136 Å². The number of benzene rings is 1. The number of carbonyl (C=O) groups excluding carboxylic acids is 2. The number of nitrogens with zero attached hydrogens (tertiary/aromatic N) is 1. The van der Waals surface area contributed by atoms with Crippen molar-refractivity contribution in [1.29, 1.82) is 0 Å². The van der Waals surface area contributed by atoms with Crippen LogP contribution < -0.4 is 5.32 Å². The van der Waals surface area contributed by atoms with Crippen molar-refractivity contribution in [2.45, 2.75) is 39.2 Å². The summed E-state index contributed by atoms with van der Waals surface area (Å²) < 4.78 is 0. The van der Waals surface area contributed by atoms with Crippen LogP contribution in [0.4, 0.5) is 0 Å². The second-order valence-electron chi connectivity index (χ2n) is 6.07. The monoisotopic (exact) mass is 322 g/mol. The van der Waals surface area contributed by atoms with Gasteiger partial charge in [-0.25, -0.2) is 0 Å². The minimum atomic E-state index is -0.304. The molecule has 1 saturated heterocycles. The predicted molar refractivity (Wildman–Crippen MR) is 87.6 cm³/mol. The van der Waals surface area contributed by atoms with E-state index in [2.05, 4.69) is 12.2 Å². The number of carbonyl (C=O) groups is 2. The molecule has 0 aliphatic carbocycles. The molecule has 1 aromatic rings. The Bertz CT molecular complexity index is 522. The first-order chi connectivity index (χ1) is 10.5. The smallest absolute Gasteiger partial charge is 0.224 e. The summed E-state index contributed by atoms with van der Waals surface area (Å²) >= 11 is 5.90. The van der Waals surface area contributed by atoms with E-state index in [0.29, 0.717) is 10.9 Å². The van der Waals surface area contributed by atoms with Gasteiger partial charge in [-0.1, -0.05) is 30.7 Å². The summed E-state index contributed by atoms with van der Waals surface area (Å²) in [6, 6.07) is 6.96. The molecule has 0 bridgehead atoms. The first-order valence-electron chi connectivity index (χ1n) is 7.76. The van der Waals surface area contributed by atoms with Gasteiger partial charge in [0, 0.05) is 25.0 Å². The lowest BCUT2D eigenvalue weighted by Gasteiger charge is -2.31. The molecule has 2 rings (SSSR count). The van der Waals surface area contributed by atoms with Gasteiger partial charge in [0.1, 0.15) is 0 Å². The average molecular weight is 323 g/mol. The molecule has 1 unspecified atom stereocenters. The van der Waals surface area contributed by atoms with Crippen molar-refractivity contribution in [2.24, 2.45) is 5.92 Å². The second kappa shape index (κ2) is 7.63. The zero-order valence-electron chi connectivity index (χ0n) is 13.1. The molecule has 1 atom stereocenters. The fourth-order valence-corrected chi connectivity index (χ4v) is 2.88. The number of amides is 2. The number of rotatable bonds is 4. The van der Waals surface area contributed by atoms with Crippen LogP contribution in [0.15, 0.2) is 24.3 Å². The van der Waals surface area contributed by atoms with Gasteiger partial charge in [-0.05, 0) is 36.5 Å². The molecular formula is C17H23ClN2O2. The molecule has 1 aliphatic rings. The first kappa shape index (κ1) is 16.8. The van der Waals surface area contributed by atoms with E-state index in [9.17, 15) is 9.59 Å². The lowest BCUT2D eigenvalue weighted by atomic mass is 9.97. The number of likely N-dealkylation sites (tertiary alicyclic amines) is 1. The third-order valence-electron chi connectivity index (χ3n) is 4.16. The third kappa shape index (κ3) is 4.73. The van der Waals surface area contributed by atoms with Crippen LogP contribution in [-0.4, -0.2) is 29.8 Å². The molecule has 1 aromatic carbocycles. The number of hydrogen-bond donors (Lipinski definition) is 1. The predicted octanol–water partition coefficient (Wildman–Crippen LogP) is 3.17. The maximum atomic E-state index is 12.5. The summed E-state index contributed by atoms with van der Waals surface area (Å²) in [4.78, 5) is 25.8. The summed E-state index contributed by atoms with van der Waals surface area (Å²) in [5.41, 5.74) is 0.901. The number of halogens is 1. The Morgan fingerprint density at radius 1 is 1.27 bits per heavy atom. The van der Waals surface area contributed by atoms with Gasteiger partial charge in [0.05, 0.1) is 12.5 Å². The third-order valence-corrected chi connectivity index (χ3v) is 4.42. The highest BCUT2D eigenvalue weighted by Gasteiger charge is 2.24. The van der Waals surface area contributed by atoms with E-state index in [-0.39, 0.29) is 24.3 Å². The van der Waals surface area contributed by atoms with Gasteiger partial charge < -0.3 is 10.2 Å². The van der Waals surface area contributed by atoms with Crippen LogP contribution in [0, 0.1) is 5.92 Å². The Morgan fingerprint density at radius 3 is 2.41 bits per heavy atom. The molecule has 0 saturated carbocycles. The van der Waals surface area contributed by atoms with Crippen molar-refractivity contribution in [3.63, 3.8) is 0 Å². The number of hydrogen-bond acceptors (Lipinski definition) is 2. The molecule has 120 valence electrons. The van der Waals surface area contributed by atoms with E-state index in [4.69, 9.17) is 11.6 Å². The second-order valence-corrected chi connectivity index (χ2v) is 6.51. The van der Waals surface area contributed by atoms with Crippen molar-refractivity contribution in [2.75, 3.05) is 13.1 Å². The molecule has 0 aromatic heterocycles. The Kier molecular flexibility index (Phi) is 5.83. The summed E-state index contributed by atoms with van der Waals surface area (Å²) in [6.07, 6.45) is 2.39. The van der Waals surface area contributed by atoms with Crippen molar-refractivity contribution in [1.82, 2.24) is 10.2 Å². The standard InChI is InChI=1S/C17H23ClN2O2/c1-12-7-9-20(10-8-12)17(22)11-16(19-13(2)21)14-3-5-15(18)6-4-14/h3-6,12,16H,7-11H2,1-2H3,(H,19,21). The van der Waals surface area contributed by atoms with Crippen LogP contribution >= 0.6 is 11.6 Å². The Balaban J connectivity index is 2.04. The fraction of sp³-hybridized carbons (Fsp3) is 0.529. The zero-order valence-corrected chi connectivity index (χ0v) is 13.9. The molecule has 2 amide bonds. The Morgan fingerprint density at radius 2 is 1.86 bits per heavy atom. The highest BCUT2D eigenvalue weighted by atomic mass is 35.5. The van der Waals surface area contributed by atoms with E-state index in [1.807, 2.05) is 17.0 Å². The number of piperidine rings is 1. The molecule has 1 heterocycles. The van der Waals surface area contributed by atoms with Gasteiger partial charge in [-0.15, -0.1) is 0 Å².